The van der Waals surface area contributed by atoms with E-state index in [2.05, 4.69) is 25.0 Å². The van der Waals surface area contributed by atoms with E-state index in [1.54, 1.807) is 0 Å². The number of carbonyl (C=O) groups excluding carboxylic acids is 3. The van der Waals surface area contributed by atoms with Crippen LogP contribution in [0.25, 0.3) is 21.6 Å². The first kappa shape index (κ1) is 21.9. The second-order valence-corrected chi connectivity index (χ2v) is 6.35. The molecule has 0 radical (unpaired) electrons. The Morgan fingerprint density at radius 2 is 1.87 bits per heavy atom. The molecule has 1 aliphatic rings. The second kappa shape index (κ2) is 8.89. The molecule has 2 aromatic heterocycles. The Labute approximate surface area is 172 Å². The van der Waals surface area contributed by atoms with Crippen molar-refractivity contribution in [2.75, 3.05) is 6.61 Å². The molecule has 1 saturated heterocycles. The van der Waals surface area contributed by atoms with E-state index in [9.17, 15) is 18.8 Å². The van der Waals surface area contributed by atoms with E-state index in [4.69, 9.17) is 24.5 Å². The van der Waals surface area contributed by atoms with E-state index in [1.807, 2.05) is 0 Å². The van der Waals surface area contributed by atoms with Gasteiger partial charge in [0.1, 0.15) is 18.2 Å². The fraction of sp³-hybridized carbons (Fsp3) is 0.500. The third-order valence-electron chi connectivity index (χ3n) is 4.13. The van der Waals surface area contributed by atoms with Crippen LogP contribution in [0.15, 0.2) is 11.4 Å². The molecule has 0 spiro atoms. The highest BCUT2D eigenvalue weighted by Crippen LogP contribution is 2.36. The molecule has 0 aromatic carbocycles. The quantitative estimate of drug-likeness (QED) is 0.159. The summed E-state index contributed by atoms with van der Waals surface area (Å²) in [4.78, 5) is 48.2. The summed E-state index contributed by atoms with van der Waals surface area (Å²) in [6.45, 7) is 3.13. The molecule has 3 heterocycles. The van der Waals surface area contributed by atoms with Crippen molar-refractivity contribution in [3.05, 3.63) is 22.8 Å². The fourth-order valence-electron chi connectivity index (χ4n) is 3.09. The molecule has 14 nitrogen and oxygen atoms in total. The van der Waals surface area contributed by atoms with Crippen LogP contribution in [0.1, 0.15) is 27.0 Å². The number of halogens is 1. The van der Waals surface area contributed by atoms with Crippen LogP contribution in [-0.2, 0) is 33.3 Å². The van der Waals surface area contributed by atoms with Gasteiger partial charge in [0.05, 0.1) is 6.33 Å². The van der Waals surface area contributed by atoms with Gasteiger partial charge in [-0.1, -0.05) is 0 Å². The van der Waals surface area contributed by atoms with Crippen molar-refractivity contribution < 1.29 is 37.7 Å². The number of nitrogens with zero attached hydrogens (tertiary/aromatic N) is 7. The number of hydrogen-bond acceptors (Lipinski definition) is 11. The monoisotopic (exact) mass is 437 g/mol. The standard InChI is InChI=1S/C16H16FN7O7/c1-6(25)28-4-9-11(29-7(2)26)12(30-8(3)27)15(31-9)24-5-19-10-13(22-23-18)20-16(17)21-14(10)24/h5,9,11-12,15H,4H2,1-3H3/t9-,11-,12-,15-/m1/s1. The first-order valence-corrected chi connectivity index (χ1v) is 8.79. The molecule has 0 N–H and O–H groups in total. The molecule has 1 fully saturated rings. The van der Waals surface area contributed by atoms with Crippen LogP contribution in [0.3, 0.4) is 0 Å². The molecular weight excluding hydrogens is 421 g/mol. The summed E-state index contributed by atoms with van der Waals surface area (Å²) >= 11 is 0. The Morgan fingerprint density at radius 1 is 1.19 bits per heavy atom. The Kier molecular flexibility index (Phi) is 6.27. The van der Waals surface area contributed by atoms with Gasteiger partial charge in [-0.25, -0.2) is 4.98 Å². The van der Waals surface area contributed by atoms with Gasteiger partial charge in [-0.3, -0.25) is 19.0 Å². The maximum absolute atomic E-state index is 13.9. The van der Waals surface area contributed by atoms with Crippen LogP contribution in [-0.4, -0.2) is 62.3 Å². The van der Waals surface area contributed by atoms with Gasteiger partial charge in [0.2, 0.25) is 0 Å². The summed E-state index contributed by atoms with van der Waals surface area (Å²) in [6.07, 6.45) is -4.64. The van der Waals surface area contributed by atoms with Gasteiger partial charge in [0.25, 0.3) is 0 Å². The number of esters is 3. The molecule has 4 atom stereocenters. The predicted molar refractivity (Wildman–Crippen MR) is 95.7 cm³/mol. The molecule has 0 saturated carbocycles. The molecule has 0 aliphatic carbocycles. The van der Waals surface area contributed by atoms with Crippen molar-refractivity contribution in [1.29, 1.82) is 0 Å². The highest BCUT2D eigenvalue weighted by Gasteiger charge is 2.51. The van der Waals surface area contributed by atoms with Gasteiger partial charge in [0, 0.05) is 25.7 Å². The van der Waals surface area contributed by atoms with Crippen LogP contribution >= 0.6 is 0 Å². The Morgan fingerprint density at radius 3 is 2.48 bits per heavy atom. The van der Waals surface area contributed by atoms with Gasteiger partial charge in [-0.15, -0.1) is 0 Å². The SMILES string of the molecule is CC(=O)OC[C@H]1O[C@@H](n2cnc3c(N=[N+]=[N-])nc(F)nc32)[C@H](OC(C)=O)[C@@H]1OC(C)=O. The predicted octanol–water partition coefficient (Wildman–Crippen LogP) is 1.23. The molecule has 0 bridgehead atoms. The number of imidazole rings is 1. The summed E-state index contributed by atoms with van der Waals surface area (Å²) in [5, 5.41) is 3.28. The largest absolute Gasteiger partial charge is 0.463 e. The van der Waals surface area contributed by atoms with Gasteiger partial charge in [-0.05, 0) is 10.6 Å². The normalized spacial score (nSPS) is 22.6. The number of azide groups is 1. The van der Waals surface area contributed by atoms with E-state index in [0.717, 1.165) is 13.8 Å². The number of carbonyl (C=O) groups is 3. The lowest BCUT2D eigenvalue weighted by Gasteiger charge is -2.23. The zero-order valence-electron chi connectivity index (χ0n) is 16.5. The summed E-state index contributed by atoms with van der Waals surface area (Å²) in [6, 6.07) is 0. The minimum absolute atomic E-state index is 0.0446. The van der Waals surface area contributed by atoms with Crippen molar-refractivity contribution in [2.45, 2.75) is 45.3 Å². The van der Waals surface area contributed by atoms with Crippen LogP contribution in [0.5, 0.6) is 0 Å². The Hall–Kier alpha value is -3.84. The Balaban J connectivity index is 2.08. The van der Waals surface area contributed by atoms with Crippen molar-refractivity contribution in [3.8, 4) is 0 Å². The van der Waals surface area contributed by atoms with Crippen LogP contribution in [0, 0.1) is 6.08 Å². The van der Waals surface area contributed by atoms with Crippen molar-refractivity contribution >= 4 is 34.9 Å². The molecule has 0 amide bonds. The molecule has 0 unspecified atom stereocenters. The van der Waals surface area contributed by atoms with Gasteiger partial charge >= 0.3 is 24.0 Å². The first-order valence-electron chi connectivity index (χ1n) is 8.79. The lowest BCUT2D eigenvalue weighted by molar-refractivity contribution is -0.166. The number of ether oxygens (including phenoxy) is 4. The maximum Gasteiger partial charge on any atom is 0.311 e. The number of fused-ring (bicyclic) bond motifs is 1. The number of aromatic nitrogens is 4. The zero-order chi connectivity index (χ0) is 22.7. The molecule has 2 aromatic rings. The van der Waals surface area contributed by atoms with E-state index >= 15 is 0 Å². The Bertz CT molecular complexity index is 1080. The molecular formula is C16H16FN7O7. The average Bonchev–Trinajstić information content (AvgIpc) is 3.21. The zero-order valence-corrected chi connectivity index (χ0v) is 16.5. The van der Waals surface area contributed by atoms with Crippen LogP contribution < -0.4 is 0 Å². The molecule has 3 rings (SSSR count). The molecule has 31 heavy (non-hydrogen) atoms. The molecule has 1 aliphatic heterocycles. The van der Waals surface area contributed by atoms with E-state index < -0.39 is 48.5 Å². The van der Waals surface area contributed by atoms with Crippen molar-refractivity contribution in [3.63, 3.8) is 0 Å². The van der Waals surface area contributed by atoms with E-state index in [-0.39, 0.29) is 23.6 Å². The summed E-state index contributed by atoms with van der Waals surface area (Å²) < 4.78 is 36.5. The highest BCUT2D eigenvalue weighted by atomic mass is 19.1. The van der Waals surface area contributed by atoms with Gasteiger partial charge in [-0.2, -0.15) is 14.4 Å². The average molecular weight is 437 g/mol. The third-order valence-corrected chi connectivity index (χ3v) is 4.13. The van der Waals surface area contributed by atoms with Crippen LogP contribution in [0.4, 0.5) is 10.2 Å². The number of hydrogen-bond donors (Lipinski definition) is 0. The highest BCUT2D eigenvalue weighted by molar-refractivity contribution is 5.81. The van der Waals surface area contributed by atoms with E-state index in [0.29, 0.717) is 0 Å². The topological polar surface area (TPSA) is 180 Å². The van der Waals surface area contributed by atoms with Gasteiger partial charge in [0.15, 0.2) is 29.9 Å². The van der Waals surface area contributed by atoms with Crippen molar-refractivity contribution in [1.82, 2.24) is 19.5 Å². The van der Waals surface area contributed by atoms with E-state index in [1.165, 1.54) is 17.8 Å². The van der Waals surface area contributed by atoms with Gasteiger partial charge < -0.3 is 18.9 Å². The van der Waals surface area contributed by atoms with Crippen LogP contribution in [0.2, 0.25) is 0 Å². The fourth-order valence-corrected chi connectivity index (χ4v) is 3.09. The minimum atomic E-state index is -1.22. The number of rotatable bonds is 6. The smallest absolute Gasteiger partial charge is 0.311 e. The molecule has 15 heteroatoms. The summed E-state index contributed by atoms with van der Waals surface area (Å²) in [7, 11) is 0. The lowest BCUT2D eigenvalue weighted by Crippen LogP contribution is -2.40. The second-order valence-electron chi connectivity index (χ2n) is 6.35. The summed E-state index contributed by atoms with van der Waals surface area (Å²) in [5.74, 6) is -2.39. The summed E-state index contributed by atoms with van der Waals surface area (Å²) in [5.41, 5.74) is 8.48. The van der Waals surface area contributed by atoms with Crippen molar-refractivity contribution in [2.24, 2.45) is 5.11 Å². The lowest BCUT2D eigenvalue weighted by atomic mass is 10.1. The first-order chi connectivity index (χ1) is 14.7. The minimum Gasteiger partial charge on any atom is -0.463 e. The third kappa shape index (κ3) is 4.67. The maximum atomic E-state index is 13.9. The molecule has 164 valence electrons.